The molecule has 1 fully saturated rings. The van der Waals surface area contributed by atoms with E-state index >= 15 is 0 Å². The average molecular weight is 290 g/mol. The summed E-state index contributed by atoms with van der Waals surface area (Å²) in [6.45, 7) is 2.82. The number of anilines is 1. The minimum atomic E-state index is -2.02. The summed E-state index contributed by atoms with van der Waals surface area (Å²) in [4.78, 5) is 0. The van der Waals surface area contributed by atoms with E-state index in [1.54, 1.807) is 0 Å². The van der Waals surface area contributed by atoms with E-state index in [4.69, 9.17) is 9.05 Å². The molecule has 2 rings (SSSR count). The van der Waals surface area contributed by atoms with E-state index in [0.29, 0.717) is 0 Å². The molecule has 0 aromatic heterocycles. The van der Waals surface area contributed by atoms with Crippen LogP contribution in [0.4, 0.5) is 5.69 Å². The predicted molar refractivity (Wildman–Crippen MR) is 63.9 cm³/mol. The number of rotatable bonds is 2. The molecule has 0 bridgehead atoms. The second-order valence-electron chi connectivity index (χ2n) is 3.51. The zero-order chi connectivity index (χ0) is 10.7. The summed E-state index contributed by atoms with van der Waals surface area (Å²) in [6.07, 6.45) is -0.804. The first-order chi connectivity index (χ1) is 7.18. The average Bonchev–Trinajstić information content (AvgIpc) is 2.18. The zero-order valence-corrected chi connectivity index (χ0v) is 11.2. The third kappa shape index (κ3) is 3.17. The van der Waals surface area contributed by atoms with Crippen molar-refractivity contribution in [3.63, 3.8) is 0 Å². The molecule has 5 heteroatoms. The quantitative estimate of drug-likeness (QED) is 0.671. The van der Waals surface area contributed by atoms with E-state index in [9.17, 15) is 0 Å². The molecule has 15 heavy (non-hydrogen) atoms. The van der Waals surface area contributed by atoms with E-state index in [2.05, 4.69) is 27.1 Å². The van der Waals surface area contributed by atoms with Gasteiger partial charge in [-0.3, -0.25) is 0 Å². The third-order valence-corrected chi connectivity index (χ3v) is 5.62. The normalized spacial score (nSPS) is 31.1. The Morgan fingerprint density at radius 1 is 1.40 bits per heavy atom. The Bertz CT molecular complexity index is 371. The van der Waals surface area contributed by atoms with Crippen LogP contribution in [0.1, 0.15) is 13.3 Å². The van der Waals surface area contributed by atoms with Gasteiger partial charge in [0.25, 0.3) is 0 Å². The van der Waals surface area contributed by atoms with Crippen LogP contribution >= 0.6 is 6.11 Å². The molecule has 82 valence electrons. The van der Waals surface area contributed by atoms with Crippen molar-refractivity contribution in [2.45, 2.75) is 19.4 Å². The maximum atomic E-state index is 5.80. The van der Waals surface area contributed by atoms with Gasteiger partial charge in [-0.1, -0.05) is 0 Å². The Kier molecular flexibility index (Phi) is 3.65. The molecular weight excluding hydrogens is 276 g/mol. The molecule has 0 aliphatic carbocycles. The van der Waals surface area contributed by atoms with Crippen LogP contribution in [0.2, 0.25) is 0 Å². The van der Waals surface area contributed by atoms with Gasteiger partial charge in [-0.25, -0.2) is 0 Å². The summed E-state index contributed by atoms with van der Waals surface area (Å²) in [5, 5.41) is 3.30. The summed E-state index contributed by atoms with van der Waals surface area (Å²) in [7, 11) is 0. The molecule has 0 radical (unpaired) electrons. The zero-order valence-electron chi connectivity index (χ0n) is 8.55. The van der Waals surface area contributed by atoms with Crippen molar-refractivity contribution in [1.29, 1.82) is 0 Å². The van der Waals surface area contributed by atoms with Gasteiger partial charge in [-0.2, -0.15) is 0 Å². The standard InChI is InChI=1S/C10H14NO2PSe/c1-9-7-8-12-14(15,13-9)11-10-5-3-2-4-6-10/h2-6,9H,7-8H2,1H3,(H,11,15)/t9-,14+/m1/s1. The Balaban J connectivity index is 2.07. The molecule has 1 saturated heterocycles. The fourth-order valence-electron chi connectivity index (χ4n) is 1.39. The Morgan fingerprint density at radius 2 is 2.13 bits per heavy atom. The molecule has 0 spiro atoms. The topological polar surface area (TPSA) is 30.5 Å². The van der Waals surface area contributed by atoms with Crippen molar-refractivity contribution in [2.24, 2.45) is 0 Å². The van der Waals surface area contributed by atoms with Crippen LogP contribution in [-0.2, 0) is 9.05 Å². The molecule has 0 unspecified atom stereocenters. The van der Waals surface area contributed by atoms with Crippen LogP contribution in [-0.4, -0.2) is 27.8 Å². The summed E-state index contributed by atoms with van der Waals surface area (Å²) in [5.74, 6) is 0. The first-order valence-electron chi connectivity index (χ1n) is 4.94. The molecule has 3 nitrogen and oxygen atoms in total. The first kappa shape index (κ1) is 11.4. The van der Waals surface area contributed by atoms with E-state index in [1.807, 2.05) is 30.3 Å². The van der Waals surface area contributed by atoms with Crippen molar-refractivity contribution >= 4 is 26.9 Å². The van der Waals surface area contributed by atoms with Gasteiger partial charge < -0.3 is 0 Å². The SMILES string of the molecule is C[C@@H]1CCO[P@@](=[Se])(Nc2ccccc2)O1. The number of benzene rings is 1. The van der Waals surface area contributed by atoms with E-state index in [-0.39, 0.29) is 6.10 Å². The fourth-order valence-corrected chi connectivity index (χ4v) is 5.01. The van der Waals surface area contributed by atoms with Crippen molar-refractivity contribution in [3.05, 3.63) is 30.3 Å². The molecule has 1 heterocycles. The van der Waals surface area contributed by atoms with Crippen molar-refractivity contribution in [2.75, 3.05) is 11.7 Å². The minimum absolute atomic E-state index is 0.254. The molecule has 1 aliphatic heterocycles. The number of hydrogen-bond donors (Lipinski definition) is 1. The van der Waals surface area contributed by atoms with Gasteiger partial charge >= 0.3 is 97.4 Å². The molecule has 1 aromatic carbocycles. The molecule has 0 amide bonds. The molecule has 2 atom stereocenters. The Morgan fingerprint density at radius 3 is 2.80 bits per heavy atom. The van der Waals surface area contributed by atoms with E-state index in [0.717, 1.165) is 18.7 Å². The molecule has 1 N–H and O–H groups in total. The summed E-state index contributed by atoms with van der Waals surface area (Å²) >= 11 is 3.03. The van der Waals surface area contributed by atoms with E-state index < -0.39 is 6.11 Å². The molecule has 0 saturated carbocycles. The fraction of sp³-hybridized carbons (Fsp3) is 0.400. The van der Waals surface area contributed by atoms with Gasteiger partial charge in [0, 0.05) is 0 Å². The van der Waals surface area contributed by atoms with Crippen LogP contribution in [0.15, 0.2) is 30.3 Å². The summed E-state index contributed by atoms with van der Waals surface area (Å²) in [5.41, 5.74) is 1.03. The van der Waals surface area contributed by atoms with Gasteiger partial charge in [0.1, 0.15) is 0 Å². The van der Waals surface area contributed by atoms with Crippen LogP contribution in [0.5, 0.6) is 0 Å². The van der Waals surface area contributed by atoms with Crippen molar-refractivity contribution in [1.82, 2.24) is 0 Å². The van der Waals surface area contributed by atoms with Gasteiger partial charge in [0.2, 0.25) is 0 Å². The number of nitrogens with one attached hydrogen (secondary N) is 1. The van der Waals surface area contributed by atoms with Crippen LogP contribution in [0, 0.1) is 0 Å². The van der Waals surface area contributed by atoms with Crippen molar-refractivity contribution < 1.29 is 9.05 Å². The monoisotopic (exact) mass is 291 g/mol. The first-order valence-corrected chi connectivity index (χ1v) is 8.78. The number of hydrogen-bond acceptors (Lipinski definition) is 3. The Labute approximate surface area is 97.6 Å². The molecule has 1 aliphatic rings. The Hall–Kier alpha value is -0.111. The second-order valence-corrected chi connectivity index (χ2v) is 8.23. The third-order valence-electron chi connectivity index (χ3n) is 2.14. The maximum absolute atomic E-state index is 5.80. The number of para-hydroxylation sites is 1. The van der Waals surface area contributed by atoms with E-state index in [1.165, 1.54) is 0 Å². The summed E-state index contributed by atoms with van der Waals surface area (Å²) < 4.78 is 11.5. The van der Waals surface area contributed by atoms with Gasteiger partial charge in [-0.05, 0) is 0 Å². The predicted octanol–water partition coefficient (Wildman–Crippen LogP) is 2.77. The second kappa shape index (κ2) is 4.82. The van der Waals surface area contributed by atoms with Crippen LogP contribution < -0.4 is 5.09 Å². The molecular formula is C10H14NO2PSe. The van der Waals surface area contributed by atoms with Gasteiger partial charge in [0.15, 0.2) is 0 Å². The molecule has 1 aromatic rings. The van der Waals surface area contributed by atoms with Crippen LogP contribution in [0.25, 0.3) is 0 Å². The summed E-state index contributed by atoms with van der Waals surface area (Å²) in [6, 6.07) is 9.97. The van der Waals surface area contributed by atoms with Crippen LogP contribution in [0.3, 0.4) is 0 Å². The van der Waals surface area contributed by atoms with Gasteiger partial charge in [0.05, 0.1) is 0 Å². The van der Waals surface area contributed by atoms with Crippen molar-refractivity contribution in [3.8, 4) is 0 Å². The van der Waals surface area contributed by atoms with Gasteiger partial charge in [-0.15, -0.1) is 0 Å².